The molecule has 2 unspecified atom stereocenters. The minimum absolute atomic E-state index is 0.183. The molecule has 2 amide bonds. The van der Waals surface area contributed by atoms with Crippen molar-refractivity contribution < 1.29 is 29.0 Å². The second-order valence-electron chi connectivity index (χ2n) is 10.0. The van der Waals surface area contributed by atoms with Crippen LogP contribution < -0.4 is 5.32 Å². The van der Waals surface area contributed by atoms with E-state index in [2.05, 4.69) is 5.32 Å². The molecule has 1 spiro atoms. The molecule has 37 heavy (non-hydrogen) atoms. The van der Waals surface area contributed by atoms with Crippen LogP contribution in [-0.2, 0) is 30.3 Å². The fraction of sp³-hybridized carbons (Fsp3) is 0.464. The lowest BCUT2D eigenvalue weighted by Gasteiger charge is -2.37. The van der Waals surface area contributed by atoms with Crippen LogP contribution in [0.1, 0.15) is 30.9 Å². The van der Waals surface area contributed by atoms with Gasteiger partial charge in [-0.1, -0.05) is 54.1 Å². The van der Waals surface area contributed by atoms with Gasteiger partial charge in [0.1, 0.15) is 11.6 Å². The fourth-order valence-corrected chi connectivity index (χ4v) is 6.68. The van der Waals surface area contributed by atoms with E-state index in [1.54, 1.807) is 19.1 Å². The number of anilines is 1. The van der Waals surface area contributed by atoms with Crippen LogP contribution in [0.5, 0.6) is 0 Å². The summed E-state index contributed by atoms with van der Waals surface area (Å²) in [4.78, 5) is 42.6. The van der Waals surface area contributed by atoms with Gasteiger partial charge in [0.05, 0.1) is 47.9 Å². The maximum Gasteiger partial charge on any atom is 0.312 e. The Morgan fingerprint density at radius 3 is 2.68 bits per heavy atom. The zero-order valence-corrected chi connectivity index (χ0v) is 21.6. The van der Waals surface area contributed by atoms with Crippen molar-refractivity contribution >= 4 is 35.1 Å². The number of benzene rings is 2. The number of halogens is 1. The quantitative estimate of drug-likeness (QED) is 0.512. The zero-order chi connectivity index (χ0) is 26.3. The Morgan fingerprint density at radius 1 is 1.24 bits per heavy atom. The van der Waals surface area contributed by atoms with Crippen molar-refractivity contribution in [1.29, 1.82) is 0 Å². The first-order valence-corrected chi connectivity index (χ1v) is 13.1. The highest BCUT2D eigenvalue weighted by Crippen LogP contribution is 2.59. The van der Waals surface area contributed by atoms with Crippen molar-refractivity contribution in [3.05, 3.63) is 64.7 Å². The number of ether oxygens (including phenoxy) is 2. The van der Waals surface area contributed by atoms with E-state index in [9.17, 15) is 19.5 Å². The molecule has 3 aliphatic rings. The number of nitrogens with zero attached hydrogens (tertiary/aromatic N) is 1. The van der Waals surface area contributed by atoms with Crippen LogP contribution in [-0.4, -0.2) is 64.8 Å². The molecule has 2 N–H and O–H groups in total. The summed E-state index contributed by atoms with van der Waals surface area (Å²) in [5.74, 6) is -2.97. The lowest BCUT2D eigenvalue weighted by molar-refractivity contribution is -0.155. The summed E-state index contributed by atoms with van der Waals surface area (Å²) in [5, 5.41) is 13.8. The molecule has 6 atom stereocenters. The topological polar surface area (TPSA) is 105 Å². The van der Waals surface area contributed by atoms with Gasteiger partial charge in [0.2, 0.25) is 11.8 Å². The van der Waals surface area contributed by atoms with Gasteiger partial charge in [0.25, 0.3) is 0 Å². The van der Waals surface area contributed by atoms with Crippen LogP contribution in [0.25, 0.3) is 0 Å². The molecular formula is C28H31ClN2O6. The Morgan fingerprint density at radius 2 is 2.00 bits per heavy atom. The first-order valence-electron chi connectivity index (χ1n) is 12.7. The summed E-state index contributed by atoms with van der Waals surface area (Å²) in [6, 6.07) is 13.0. The number of hydrogen-bond acceptors (Lipinski definition) is 6. The average Bonchev–Trinajstić information content (AvgIpc) is 3.53. The Labute approximate surface area is 220 Å². The van der Waals surface area contributed by atoms with E-state index in [-0.39, 0.29) is 19.1 Å². The van der Waals surface area contributed by atoms with Crippen molar-refractivity contribution in [2.75, 3.05) is 18.5 Å². The number of amides is 2. The third-order valence-electron chi connectivity index (χ3n) is 7.93. The molecule has 2 bridgehead atoms. The zero-order valence-electron chi connectivity index (χ0n) is 20.9. The number of carbonyl (C=O) groups excluding carboxylic acids is 3. The van der Waals surface area contributed by atoms with E-state index in [1.165, 1.54) is 4.90 Å². The number of esters is 1. The first kappa shape index (κ1) is 25.7. The highest BCUT2D eigenvalue weighted by Gasteiger charge is 2.75. The van der Waals surface area contributed by atoms with Crippen LogP contribution >= 0.6 is 11.6 Å². The average molecular weight is 527 g/mol. The molecule has 0 aromatic heterocycles. The summed E-state index contributed by atoms with van der Waals surface area (Å²) in [6.45, 7) is 3.38. The Bertz CT molecular complexity index is 1190. The lowest BCUT2D eigenvalue weighted by atomic mass is 9.70. The maximum atomic E-state index is 14.1. The van der Waals surface area contributed by atoms with Gasteiger partial charge in [-0.25, -0.2) is 0 Å². The SMILES string of the molecule is CCOC(=O)[C@@H]1[C@@H]2CCC3(O2)C(C(=O)Nc2c(C)cccc2Cl)N([C@@H](CO)Cc2ccccc2)C(=O)[C@H]13. The standard InChI is InChI=1S/C28H31ClN2O6/c1-3-36-27(35)21-20-12-13-28(37-20)22(21)26(34)31(18(15-32)14-17-9-5-4-6-10-17)24(28)25(33)30-23-16(2)8-7-11-19(23)29/h4-11,18,20-22,24,32H,3,12-15H2,1-2H3,(H,30,33)/t18-,20+,21-,22+,24?,28?/m1/s1. The number of para-hydroxylation sites is 1. The van der Waals surface area contributed by atoms with Crippen molar-refractivity contribution in [2.45, 2.75) is 56.9 Å². The van der Waals surface area contributed by atoms with Crippen LogP contribution in [0.3, 0.4) is 0 Å². The summed E-state index contributed by atoms with van der Waals surface area (Å²) in [6.07, 6.45) is 0.838. The highest BCUT2D eigenvalue weighted by molar-refractivity contribution is 6.34. The lowest BCUT2D eigenvalue weighted by Crippen LogP contribution is -2.56. The molecule has 9 heteroatoms. The van der Waals surface area contributed by atoms with Crippen molar-refractivity contribution in [3.8, 4) is 0 Å². The van der Waals surface area contributed by atoms with E-state index in [1.807, 2.05) is 43.3 Å². The van der Waals surface area contributed by atoms with E-state index >= 15 is 0 Å². The highest BCUT2D eigenvalue weighted by atomic mass is 35.5. The van der Waals surface area contributed by atoms with Crippen LogP contribution in [0, 0.1) is 18.8 Å². The van der Waals surface area contributed by atoms with Gasteiger partial charge in [-0.3, -0.25) is 14.4 Å². The number of carbonyl (C=O) groups is 3. The molecule has 2 aromatic rings. The van der Waals surface area contributed by atoms with Gasteiger partial charge in [-0.15, -0.1) is 0 Å². The van der Waals surface area contributed by atoms with Crippen molar-refractivity contribution in [1.82, 2.24) is 4.90 Å². The van der Waals surface area contributed by atoms with Gasteiger partial charge in [-0.2, -0.15) is 0 Å². The number of aliphatic hydroxyl groups excluding tert-OH is 1. The Balaban J connectivity index is 1.56. The number of rotatable bonds is 8. The third-order valence-corrected chi connectivity index (χ3v) is 8.25. The minimum atomic E-state index is -1.19. The summed E-state index contributed by atoms with van der Waals surface area (Å²) in [5.41, 5.74) is 0.953. The number of fused-ring (bicyclic) bond motifs is 1. The number of likely N-dealkylation sites (tertiary alicyclic amines) is 1. The number of aliphatic hydroxyl groups is 1. The Kier molecular flexibility index (Phi) is 7.00. The summed E-state index contributed by atoms with van der Waals surface area (Å²) < 4.78 is 11.7. The summed E-state index contributed by atoms with van der Waals surface area (Å²) in [7, 11) is 0. The molecule has 3 aliphatic heterocycles. The van der Waals surface area contributed by atoms with Crippen LogP contribution in [0.15, 0.2) is 48.5 Å². The monoisotopic (exact) mass is 526 g/mol. The smallest absolute Gasteiger partial charge is 0.312 e. The molecule has 3 saturated heterocycles. The van der Waals surface area contributed by atoms with Gasteiger partial charge in [-0.05, 0) is 50.3 Å². The van der Waals surface area contributed by atoms with E-state index in [0.29, 0.717) is 30.0 Å². The molecule has 0 aliphatic carbocycles. The molecule has 0 saturated carbocycles. The van der Waals surface area contributed by atoms with Gasteiger partial charge < -0.3 is 24.8 Å². The predicted octanol–water partition coefficient (Wildman–Crippen LogP) is 3.13. The maximum absolute atomic E-state index is 14.1. The molecular weight excluding hydrogens is 496 g/mol. The summed E-state index contributed by atoms with van der Waals surface area (Å²) >= 11 is 6.40. The van der Waals surface area contributed by atoms with Crippen molar-refractivity contribution in [2.24, 2.45) is 11.8 Å². The molecule has 5 rings (SSSR count). The van der Waals surface area contributed by atoms with Gasteiger partial charge >= 0.3 is 5.97 Å². The van der Waals surface area contributed by atoms with Crippen molar-refractivity contribution in [3.63, 3.8) is 0 Å². The van der Waals surface area contributed by atoms with Crippen LogP contribution in [0.4, 0.5) is 5.69 Å². The molecule has 196 valence electrons. The van der Waals surface area contributed by atoms with E-state index < -0.39 is 47.5 Å². The second-order valence-corrected chi connectivity index (χ2v) is 10.4. The fourth-order valence-electron chi connectivity index (χ4n) is 6.41. The minimum Gasteiger partial charge on any atom is -0.466 e. The van der Waals surface area contributed by atoms with Gasteiger partial charge in [0, 0.05) is 0 Å². The normalized spacial score (nSPS) is 28.8. The predicted molar refractivity (Wildman–Crippen MR) is 137 cm³/mol. The Hall–Kier alpha value is -2.94. The molecule has 3 fully saturated rings. The molecule has 0 radical (unpaired) electrons. The molecule has 3 heterocycles. The third kappa shape index (κ3) is 4.21. The number of aryl methyl sites for hydroxylation is 1. The number of hydrogen-bond donors (Lipinski definition) is 2. The first-order chi connectivity index (χ1) is 17.8. The number of nitrogens with one attached hydrogen (secondary N) is 1. The van der Waals surface area contributed by atoms with Crippen LogP contribution in [0.2, 0.25) is 5.02 Å². The largest absolute Gasteiger partial charge is 0.466 e. The van der Waals surface area contributed by atoms with E-state index in [0.717, 1.165) is 11.1 Å². The molecule has 8 nitrogen and oxygen atoms in total. The van der Waals surface area contributed by atoms with Gasteiger partial charge in [0.15, 0.2) is 0 Å². The second kappa shape index (κ2) is 10.1. The molecule has 2 aromatic carbocycles. The van der Waals surface area contributed by atoms with E-state index in [4.69, 9.17) is 21.1 Å².